The minimum Gasteiger partial charge on any atom is -0.478 e. The number of anilines is 2. The van der Waals surface area contributed by atoms with Gasteiger partial charge in [-0.1, -0.05) is 41.9 Å². The number of benzene rings is 1. The van der Waals surface area contributed by atoms with E-state index in [0.717, 1.165) is 30.6 Å². The van der Waals surface area contributed by atoms with E-state index in [-0.39, 0.29) is 15.5 Å². The number of piperidine rings is 1. The molecule has 0 spiro atoms. The van der Waals surface area contributed by atoms with Crippen molar-refractivity contribution in [2.75, 3.05) is 22.7 Å². The molecule has 0 radical (unpaired) electrons. The highest BCUT2D eigenvalue weighted by atomic mass is 35.5. The number of carboxylic acids is 1. The fraction of sp³-hybridized carbons (Fsp3) is 0.273. The van der Waals surface area contributed by atoms with E-state index >= 15 is 0 Å². The maximum atomic E-state index is 12.5. The van der Waals surface area contributed by atoms with Crippen LogP contribution in [0.2, 0.25) is 4.34 Å². The van der Waals surface area contributed by atoms with E-state index in [0.29, 0.717) is 29.2 Å². The van der Waals surface area contributed by atoms with Crippen molar-refractivity contribution in [2.24, 2.45) is 5.92 Å². The lowest BCUT2D eigenvalue weighted by Crippen LogP contribution is -2.36. The molecule has 0 bridgehead atoms. The lowest BCUT2D eigenvalue weighted by Gasteiger charge is -2.33. The third-order valence-corrected chi connectivity index (χ3v) is 8.55. The molecule has 7 nitrogen and oxygen atoms in total. The van der Waals surface area contributed by atoms with Gasteiger partial charge in [0.1, 0.15) is 15.6 Å². The molecule has 3 heterocycles. The molecule has 3 aromatic rings. The van der Waals surface area contributed by atoms with Crippen molar-refractivity contribution in [2.45, 2.75) is 23.5 Å². The highest BCUT2D eigenvalue weighted by Gasteiger charge is 2.25. The first-order valence-corrected chi connectivity index (χ1v) is 12.8. The van der Waals surface area contributed by atoms with Crippen LogP contribution in [0.4, 0.5) is 11.5 Å². The van der Waals surface area contributed by atoms with Crippen LogP contribution in [0, 0.1) is 5.92 Å². The number of hydrogen-bond acceptors (Lipinski definition) is 6. The minimum atomic E-state index is -3.87. The van der Waals surface area contributed by atoms with Crippen LogP contribution >= 0.6 is 22.9 Å². The minimum absolute atomic E-state index is 0.0316. The molecule has 2 aromatic heterocycles. The normalized spacial score (nSPS) is 15.0. The second kappa shape index (κ2) is 9.48. The van der Waals surface area contributed by atoms with Gasteiger partial charge in [-0.25, -0.2) is 18.2 Å². The monoisotopic (exact) mass is 491 g/mol. The van der Waals surface area contributed by atoms with Crippen LogP contribution < -0.4 is 9.62 Å². The summed E-state index contributed by atoms with van der Waals surface area (Å²) >= 11 is 6.75. The number of carboxylic acid groups (broad SMARTS) is 1. The van der Waals surface area contributed by atoms with E-state index in [1.807, 2.05) is 23.1 Å². The second-order valence-electron chi connectivity index (χ2n) is 7.68. The maximum absolute atomic E-state index is 12.5. The van der Waals surface area contributed by atoms with Crippen LogP contribution in [-0.2, 0) is 16.4 Å². The van der Waals surface area contributed by atoms with Crippen LogP contribution in [0.5, 0.6) is 0 Å². The number of aromatic carboxylic acids is 1. The first kappa shape index (κ1) is 22.6. The summed E-state index contributed by atoms with van der Waals surface area (Å²) in [5, 5.41) is 9.73. The number of sulfonamides is 1. The van der Waals surface area contributed by atoms with Gasteiger partial charge < -0.3 is 10.0 Å². The fourth-order valence-electron chi connectivity index (χ4n) is 3.87. The Balaban J connectivity index is 1.47. The molecule has 168 valence electrons. The quantitative estimate of drug-likeness (QED) is 0.494. The molecule has 0 saturated carbocycles. The van der Waals surface area contributed by atoms with Crippen molar-refractivity contribution < 1.29 is 18.3 Å². The van der Waals surface area contributed by atoms with Crippen molar-refractivity contribution >= 4 is 50.4 Å². The van der Waals surface area contributed by atoms with Gasteiger partial charge in [-0.15, -0.1) is 11.3 Å². The zero-order chi connectivity index (χ0) is 22.7. The molecule has 2 N–H and O–H groups in total. The Labute approximate surface area is 195 Å². The summed E-state index contributed by atoms with van der Waals surface area (Å²) in [5.74, 6) is -0.262. The number of nitrogens with one attached hydrogen (secondary N) is 1. The van der Waals surface area contributed by atoms with Crippen molar-refractivity contribution in [3.05, 3.63) is 70.2 Å². The first-order valence-electron chi connectivity index (χ1n) is 10.1. The molecule has 0 amide bonds. The summed E-state index contributed by atoms with van der Waals surface area (Å²) < 4.78 is 27.8. The molecule has 0 atom stereocenters. The number of thiophene rings is 1. The standard InChI is InChI=1S/C22H22ClN3O4S2/c23-19-6-7-20(31-19)32(29,30)25-17-13-18(22(27)28)21(24-14-17)26-10-8-16(9-11-26)12-15-4-2-1-3-5-15/h1-7,13-14,16,25H,8-12H2,(H,27,28). The highest BCUT2D eigenvalue weighted by molar-refractivity contribution is 7.94. The topological polar surface area (TPSA) is 99.6 Å². The summed E-state index contributed by atoms with van der Waals surface area (Å²) in [7, 11) is -3.87. The number of hydrogen-bond donors (Lipinski definition) is 2. The molecule has 1 saturated heterocycles. The fourth-order valence-corrected chi connectivity index (χ4v) is 6.38. The van der Waals surface area contributed by atoms with Gasteiger partial charge in [0.15, 0.2) is 0 Å². The number of carbonyl (C=O) groups is 1. The van der Waals surface area contributed by atoms with E-state index in [1.54, 1.807) is 0 Å². The predicted molar refractivity (Wildman–Crippen MR) is 126 cm³/mol. The number of nitrogens with zero attached hydrogens (tertiary/aromatic N) is 2. The van der Waals surface area contributed by atoms with E-state index < -0.39 is 16.0 Å². The van der Waals surface area contributed by atoms with Crippen LogP contribution in [0.1, 0.15) is 28.8 Å². The summed E-state index contributed by atoms with van der Waals surface area (Å²) in [6.45, 7) is 1.40. The van der Waals surface area contributed by atoms with Gasteiger partial charge in [0.2, 0.25) is 0 Å². The molecular formula is C22H22ClN3O4S2. The van der Waals surface area contributed by atoms with Gasteiger partial charge in [-0.3, -0.25) is 4.72 Å². The summed E-state index contributed by atoms with van der Waals surface area (Å²) in [4.78, 5) is 18.2. The largest absolute Gasteiger partial charge is 0.478 e. The van der Waals surface area contributed by atoms with Crippen LogP contribution in [0.25, 0.3) is 0 Å². The Kier molecular flexibility index (Phi) is 6.68. The maximum Gasteiger partial charge on any atom is 0.339 e. The Morgan fingerprint density at radius 2 is 1.91 bits per heavy atom. The lowest BCUT2D eigenvalue weighted by atomic mass is 9.90. The van der Waals surface area contributed by atoms with Crippen molar-refractivity contribution in [1.82, 2.24) is 4.98 Å². The van der Waals surface area contributed by atoms with Crippen LogP contribution in [0.15, 0.2) is 58.9 Å². The van der Waals surface area contributed by atoms with E-state index in [4.69, 9.17) is 11.6 Å². The molecule has 1 aliphatic rings. The molecular weight excluding hydrogens is 470 g/mol. The zero-order valence-corrected chi connectivity index (χ0v) is 19.5. The lowest BCUT2D eigenvalue weighted by molar-refractivity contribution is 0.0697. The second-order valence-corrected chi connectivity index (χ2v) is 11.3. The third-order valence-electron chi connectivity index (χ3n) is 5.44. The molecule has 0 unspecified atom stereocenters. The summed E-state index contributed by atoms with van der Waals surface area (Å²) in [6.07, 6.45) is 4.22. The molecule has 4 rings (SSSR count). The number of halogens is 1. The molecule has 32 heavy (non-hydrogen) atoms. The van der Waals surface area contributed by atoms with Gasteiger partial charge >= 0.3 is 5.97 Å². The zero-order valence-electron chi connectivity index (χ0n) is 17.1. The van der Waals surface area contributed by atoms with Gasteiger partial charge in [-0.2, -0.15) is 0 Å². The average molecular weight is 492 g/mol. The smallest absolute Gasteiger partial charge is 0.339 e. The molecule has 1 aromatic carbocycles. The Hall–Kier alpha value is -2.62. The average Bonchev–Trinajstić information content (AvgIpc) is 3.22. The molecule has 1 fully saturated rings. The van der Waals surface area contributed by atoms with Gasteiger partial charge in [0.25, 0.3) is 10.0 Å². The van der Waals surface area contributed by atoms with Gasteiger partial charge in [-0.05, 0) is 48.9 Å². The van der Waals surface area contributed by atoms with E-state index in [1.165, 1.54) is 30.0 Å². The van der Waals surface area contributed by atoms with Crippen LogP contribution in [-0.4, -0.2) is 37.6 Å². The van der Waals surface area contributed by atoms with Gasteiger partial charge in [0, 0.05) is 13.1 Å². The number of pyridine rings is 1. The van der Waals surface area contributed by atoms with Crippen LogP contribution in [0.3, 0.4) is 0 Å². The van der Waals surface area contributed by atoms with Crippen molar-refractivity contribution in [1.29, 1.82) is 0 Å². The Morgan fingerprint density at radius 3 is 2.53 bits per heavy atom. The number of rotatable bonds is 7. The van der Waals surface area contributed by atoms with E-state index in [9.17, 15) is 18.3 Å². The van der Waals surface area contributed by atoms with Crippen molar-refractivity contribution in [3.8, 4) is 0 Å². The van der Waals surface area contributed by atoms with E-state index in [2.05, 4.69) is 21.8 Å². The summed E-state index contributed by atoms with van der Waals surface area (Å²) in [5.41, 5.74) is 1.37. The third kappa shape index (κ3) is 5.23. The highest BCUT2D eigenvalue weighted by Crippen LogP contribution is 2.30. The number of aromatic nitrogens is 1. The predicted octanol–water partition coefficient (Wildman–Crippen LogP) is 4.75. The van der Waals surface area contributed by atoms with Crippen molar-refractivity contribution in [3.63, 3.8) is 0 Å². The molecule has 10 heteroatoms. The van der Waals surface area contributed by atoms with Gasteiger partial charge in [0.05, 0.1) is 16.2 Å². The Bertz CT molecular complexity index is 1210. The summed E-state index contributed by atoms with van der Waals surface area (Å²) in [6, 6.07) is 14.5. The first-order chi connectivity index (χ1) is 15.3. The molecule has 0 aliphatic carbocycles. The SMILES string of the molecule is O=C(O)c1cc(NS(=O)(=O)c2ccc(Cl)s2)cnc1N1CCC(Cc2ccccc2)CC1. The Morgan fingerprint density at radius 1 is 1.19 bits per heavy atom. The molecule has 1 aliphatic heterocycles.